The van der Waals surface area contributed by atoms with E-state index in [-0.39, 0.29) is 35.5 Å². The second-order valence-corrected chi connectivity index (χ2v) is 3.17. The van der Waals surface area contributed by atoms with Crippen LogP contribution in [-0.4, -0.2) is 40.6 Å². The van der Waals surface area contributed by atoms with Crippen LogP contribution in [0.15, 0.2) is 0 Å². The Bertz CT molecular complexity index is 126. The summed E-state index contributed by atoms with van der Waals surface area (Å²) in [4.78, 5) is 10.7. The van der Waals surface area contributed by atoms with E-state index in [1.54, 1.807) is 0 Å². The van der Waals surface area contributed by atoms with Gasteiger partial charge in [-0.3, -0.25) is 4.79 Å². The van der Waals surface area contributed by atoms with E-state index in [1.807, 2.05) is 0 Å². The molecule has 0 saturated carbocycles. The van der Waals surface area contributed by atoms with Gasteiger partial charge < -0.3 is 5.11 Å². The molecule has 0 aromatic rings. The van der Waals surface area contributed by atoms with Crippen molar-refractivity contribution in [2.45, 2.75) is 45.4 Å². The fourth-order valence-corrected chi connectivity index (χ4v) is 1.28. The Morgan fingerprint density at radius 2 is 2.00 bits per heavy atom. The van der Waals surface area contributed by atoms with Gasteiger partial charge >= 0.3 is 35.5 Å². The van der Waals surface area contributed by atoms with E-state index in [1.165, 1.54) is 0 Å². The molecule has 0 spiro atoms. The standard InChI is InChI=1S/C10H19O2.Na.H/c1-3-5-6-8-9(7-4-2)10(11)12;;/h9H,2-8H2,1H3,(H,11,12);;. The minimum atomic E-state index is -0.658. The minimum absolute atomic E-state index is 0. The molecule has 73 valence electrons. The topological polar surface area (TPSA) is 37.3 Å². The first-order valence-corrected chi connectivity index (χ1v) is 4.74. The number of aliphatic carboxylic acids is 1. The first-order valence-electron chi connectivity index (χ1n) is 4.74. The zero-order valence-electron chi connectivity index (χ0n) is 7.88. The number of carbonyl (C=O) groups is 1. The first kappa shape index (κ1) is 15.9. The number of rotatable bonds is 7. The van der Waals surface area contributed by atoms with E-state index in [4.69, 9.17) is 5.11 Å². The van der Waals surface area contributed by atoms with Gasteiger partial charge in [0.25, 0.3) is 0 Å². The number of unbranched alkanes of at least 4 members (excludes halogenated alkanes) is 2. The molecular formula is C10H20NaO2. The van der Waals surface area contributed by atoms with Gasteiger partial charge in [-0.2, -0.15) is 0 Å². The van der Waals surface area contributed by atoms with Crippen LogP contribution in [0, 0.1) is 12.8 Å². The van der Waals surface area contributed by atoms with Crippen molar-refractivity contribution >= 4 is 35.5 Å². The molecule has 2 nitrogen and oxygen atoms in total. The molecule has 0 fully saturated rings. The van der Waals surface area contributed by atoms with Crippen molar-refractivity contribution in [2.24, 2.45) is 5.92 Å². The normalized spacial score (nSPS) is 11.8. The van der Waals surface area contributed by atoms with Gasteiger partial charge in [-0.15, -0.1) is 0 Å². The Labute approximate surface area is 103 Å². The van der Waals surface area contributed by atoms with Gasteiger partial charge in [-0.1, -0.05) is 39.5 Å². The summed E-state index contributed by atoms with van der Waals surface area (Å²) < 4.78 is 0. The van der Waals surface area contributed by atoms with Gasteiger partial charge in [-0.25, -0.2) is 0 Å². The molecule has 3 heteroatoms. The van der Waals surface area contributed by atoms with Crippen molar-refractivity contribution in [3.63, 3.8) is 0 Å². The van der Waals surface area contributed by atoms with E-state index >= 15 is 0 Å². The van der Waals surface area contributed by atoms with Crippen LogP contribution in [0.5, 0.6) is 0 Å². The van der Waals surface area contributed by atoms with Crippen LogP contribution >= 0.6 is 0 Å². The number of hydrogen-bond donors (Lipinski definition) is 1. The van der Waals surface area contributed by atoms with Gasteiger partial charge in [0.2, 0.25) is 0 Å². The fraction of sp³-hybridized carbons (Fsp3) is 0.800. The van der Waals surface area contributed by atoms with Crippen molar-refractivity contribution in [1.29, 1.82) is 0 Å². The van der Waals surface area contributed by atoms with Crippen molar-refractivity contribution in [2.75, 3.05) is 0 Å². The Hall–Kier alpha value is 0.470. The number of carboxylic acid groups (broad SMARTS) is 1. The van der Waals surface area contributed by atoms with Gasteiger partial charge in [0, 0.05) is 0 Å². The molecule has 0 aliphatic carbocycles. The van der Waals surface area contributed by atoms with Crippen LogP contribution in [0.25, 0.3) is 0 Å². The quantitative estimate of drug-likeness (QED) is 0.499. The van der Waals surface area contributed by atoms with Gasteiger partial charge in [0.05, 0.1) is 5.92 Å². The molecule has 1 unspecified atom stereocenters. The monoisotopic (exact) mass is 195 g/mol. The Kier molecular flexibility index (Phi) is 12.9. The molecule has 0 heterocycles. The molecule has 0 aromatic carbocycles. The Balaban J connectivity index is 0. The molecule has 0 bridgehead atoms. The summed E-state index contributed by atoms with van der Waals surface area (Å²) in [6, 6.07) is 0. The maximum absolute atomic E-state index is 10.7. The third kappa shape index (κ3) is 8.79. The Morgan fingerprint density at radius 1 is 1.38 bits per heavy atom. The summed E-state index contributed by atoms with van der Waals surface area (Å²) in [7, 11) is 0. The third-order valence-corrected chi connectivity index (χ3v) is 2.06. The number of hydrogen-bond acceptors (Lipinski definition) is 1. The van der Waals surface area contributed by atoms with Crippen LogP contribution in [0.1, 0.15) is 45.4 Å². The molecule has 0 aromatic heterocycles. The number of carboxylic acids is 1. The van der Waals surface area contributed by atoms with Crippen LogP contribution in [-0.2, 0) is 4.79 Å². The zero-order chi connectivity index (χ0) is 9.40. The summed E-state index contributed by atoms with van der Waals surface area (Å²) in [5, 5.41) is 8.78. The molecule has 0 aliphatic rings. The van der Waals surface area contributed by atoms with Crippen molar-refractivity contribution in [3.05, 3.63) is 6.92 Å². The molecule has 1 atom stereocenters. The molecule has 1 radical (unpaired) electrons. The van der Waals surface area contributed by atoms with Gasteiger partial charge in [0.1, 0.15) is 0 Å². The van der Waals surface area contributed by atoms with Gasteiger partial charge in [-0.05, 0) is 12.8 Å². The van der Waals surface area contributed by atoms with E-state index in [2.05, 4.69) is 13.8 Å². The molecule has 0 rings (SSSR count). The maximum atomic E-state index is 10.7. The molecule has 0 amide bonds. The predicted molar refractivity (Wildman–Crippen MR) is 57.0 cm³/mol. The van der Waals surface area contributed by atoms with Crippen LogP contribution in [0.3, 0.4) is 0 Å². The first-order chi connectivity index (χ1) is 5.72. The predicted octanol–water partition coefficient (Wildman–Crippen LogP) is 2.23. The van der Waals surface area contributed by atoms with E-state index < -0.39 is 5.97 Å². The SMILES string of the molecule is [CH2]CCC(CCCCC)C(=O)O.[NaH]. The summed E-state index contributed by atoms with van der Waals surface area (Å²) >= 11 is 0. The second kappa shape index (κ2) is 10.6. The van der Waals surface area contributed by atoms with Crippen LogP contribution in [0.2, 0.25) is 0 Å². The average Bonchev–Trinajstić information content (AvgIpc) is 2.03. The van der Waals surface area contributed by atoms with Crippen molar-refractivity contribution < 1.29 is 9.90 Å². The van der Waals surface area contributed by atoms with E-state index in [9.17, 15) is 4.79 Å². The average molecular weight is 195 g/mol. The van der Waals surface area contributed by atoms with Crippen molar-refractivity contribution in [3.8, 4) is 0 Å². The van der Waals surface area contributed by atoms with Crippen molar-refractivity contribution in [1.82, 2.24) is 0 Å². The van der Waals surface area contributed by atoms with Gasteiger partial charge in [0.15, 0.2) is 0 Å². The van der Waals surface area contributed by atoms with Crippen LogP contribution < -0.4 is 0 Å². The molecule has 0 aliphatic heterocycles. The van der Waals surface area contributed by atoms with E-state index in [0.29, 0.717) is 0 Å². The summed E-state index contributed by atoms with van der Waals surface area (Å²) in [5.41, 5.74) is 0. The summed E-state index contributed by atoms with van der Waals surface area (Å²) in [5.74, 6) is -0.816. The zero-order valence-corrected chi connectivity index (χ0v) is 7.88. The van der Waals surface area contributed by atoms with E-state index in [0.717, 1.165) is 38.5 Å². The molecule has 13 heavy (non-hydrogen) atoms. The fourth-order valence-electron chi connectivity index (χ4n) is 1.28. The second-order valence-electron chi connectivity index (χ2n) is 3.17. The third-order valence-electron chi connectivity index (χ3n) is 2.06. The summed E-state index contributed by atoms with van der Waals surface area (Å²) in [6.07, 6.45) is 5.59. The Morgan fingerprint density at radius 3 is 2.38 bits per heavy atom. The van der Waals surface area contributed by atoms with Crippen LogP contribution in [0.4, 0.5) is 0 Å². The molecule has 1 N–H and O–H groups in total. The molecular weight excluding hydrogens is 175 g/mol. The summed E-state index contributed by atoms with van der Waals surface area (Å²) in [6.45, 7) is 5.79. The molecule has 0 saturated heterocycles.